The fourth-order valence-corrected chi connectivity index (χ4v) is 3.83. The lowest BCUT2D eigenvalue weighted by molar-refractivity contribution is 0.113. The lowest BCUT2D eigenvalue weighted by atomic mass is 10.1. The van der Waals surface area contributed by atoms with E-state index in [1.54, 1.807) is 0 Å². The standard InChI is InChI=1S/C23H38N6/c1-5-19(2)17-28-13-15-29(16-14-28)18-22-25-21-10-7-6-9-20(21)23(26-22)24-11-8-12-27(3)4/h6-7,9-10,19H,5,8,11-18H2,1-4H3,(H,24,25,26). The van der Waals surface area contributed by atoms with Crippen molar-refractivity contribution in [3.05, 3.63) is 30.1 Å². The number of benzene rings is 1. The first-order valence-corrected chi connectivity index (χ1v) is 11.1. The van der Waals surface area contributed by atoms with Crippen molar-refractivity contribution in [2.45, 2.75) is 33.2 Å². The number of aromatic nitrogens is 2. The Morgan fingerprint density at radius 1 is 1.07 bits per heavy atom. The van der Waals surface area contributed by atoms with Crippen LogP contribution in [-0.2, 0) is 6.54 Å². The molecule has 1 aromatic heterocycles. The molecule has 1 aliphatic heterocycles. The monoisotopic (exact) mass is 398 g/mol. The maximum absolute atomic E-state index is 4.90. The van der Waals surface area contributed by atoms with Gasteiger partial charge in [-0.15, -0.1) is 0 Å². The summed E-state index contributed by atoms with van der Waals surface area (Å²) in [6, 6.07) is 8.33. The Morgan fingerprint density at radius 3 is 2.52 bits per heavy atom. The molecule has 1 unspecified atom stereocenters. The van der Waals surface area contributed by atoms with Crippen LogP contribution in [0.1, 0.15) is 32.5 Å². The first-order chi connectivity index (χ1) is 14.0. The van der Waals surface area contributed by atoms with E-state index >= 15 is 0 Å². The van der Waals surface area contributed by atoms with Gasteiger partial charge in [0.2, 0.25) is 0 Å². The van der Waals surface area contributed by atoms with Crippen LogP contribution in [0.5, 0.6) is 0 Å². The van der Waals surface area contributed by atoms with Gasteiger partial charge in [-0.3, -0.25) is 4.90 Å². The summed E-state index contributed by atoms with van der Waals surface area (Å²) in [7, 11) is 4.22. The van der Waals surface area contributed by atoms with Crippen LogP contribution in [-0.4, -0.2) is 84.6 Å². The molecule has 0 saturated carbocycles. The summed E-state index contributed by atoms with van der Waals surface area (Å²) in [6.45, 7) is 13.2. The zero-order valence-electron chi connectivity index (χ0n) is 18.7. The van der Waals surface area contributed by atoms with Crippen molar-refractivity contribution < 1.29 is 0 Å². The van der Waals surface area contributed by atoms with Crippen LogP contribution in [0.2, 0.25) is 0 Å². The number of hydrogen-bond donors (Lipinski definition) is 1. The molecule has 0 amide bonds. The summed E-state index contributed by atoms with van der Waals surface area (Å²) in [5.41, 5.74) is 1.03. The minimum absolute atomic E-state index is 0.784. The summed E-state index contributed by atoms with van der Waals surface area (Å²) >= 11 is 0. The molecule has 6 nitrogen and oxygen atoms in total. The molecule has 160 valence electrons. The van der Waals surface area contributed by atoms with E-state index < -0.39 is 0 Å². The molecule has 0 radical (unpaired) electrons. The fourth-order valence-electron chi connectivity index (χ4n) is 3.83. The minimum Gasteiger partial charge on any atom is -0.369 e. The van der Waals surface area contributed by atoms with Gasteiger partial charge >= 0.3 is 0 Å². The van der Waals surface area contributed by atoms with Crippen molar-refractivity contribution in [1.29, 1.82) is 0 Å². The van der Waals surface area contributed by atoms with E-state index in [0.717, 1.165) is 80.7 Å². The Balaban J connectivity index is 1.62. The highest BCUT2D eigenvalue weighted by atomic mass is 15.3. The number of nitrogens with zero attached hydrogens (tertiary/aromatic N) is 5. The molecule has 29 heavy (non-hydrogen) atoms. The van der Waals surface area contributed by atoms with E-state index in [1.165, 1.54) is 13.0 Å². The number of piperazine rings is 1. The fraction of sp³-hybridized carbons (Fsp3) is 0.652. The predicted octanol–water partition coefficient (Wildman–Crippen LogP) is 3.16. The van der Waals surface area contributed by atoms with Gasteiger partial charge in [-0.05, 0) is 45.1 Å². The summed E-state index contributed by atoms with van der Waals surface area (Å²) < 4.78 is 0. The van der Waals surface area contributed by atoms with Crippen molar-refractivity contribution in [1.82, 2.24) is 24.7 Å². The lowest BCUT2D eigenvalue weighted by Gasteiger charge is -2.35. The summed E-state index contributed by atoms with van der Waals surface area (Å²) in [5, 5.41) is 4.66. The molecule has 1 saturated heterocycles. The van der Waals surface area contributed by atoms with E-state index in [0.29, 0.717) is 0 Å². The normalized spacial score (nSPS) is 17.1. The van der Waals surface area contributed by atoms with Gasteiger partial charge < -0.3 is 15.1 Å². The Bertz CT molecular complexity index is 754. The Labute approximate surface area is 176 Å². The highest BCUT2D eigenvalue weighted by Gasteiger charge is 2.19. The summed E-state index contributed by atoms with van der Waals surface area (Å²) in [5.74, 6) is 2.68. The van der Waals surface area contributed by atoms with Crippen molar-refractivity contribution in [2.75, 3.05) is 65.2 Å². The predicted molar refractivity (Wildman–Crippen MR) is 122 cm³/mol. The van der Waals surface area contributed by atoms with Gasteiger partial charge in [-0.2, -0.15) is 0 Å². The number of rotatable bonds is 10. The number of para-hydroxylation sites is 1. The topological polar surface area (TPSA) is 47.5 Å². The third kappa shape index (κ3) is 6.63. The second-order valence-corrected chi connectivity index (χ2v) is 8.68. The summed E-state index contributed by atoms with van der Waals surface area (Å²) in [6.07, 6.45) is 2.36. The first-order valence-electron chi connectivity index (χ1n) is 11.1. The molecule has 2 aromatic rings. The van der Waals surface area contributed by atoms with Crippen LogP contribution in [0.3, 0.4) is 0 Å². The zero-order valence-corrected chi connectivity index (χ0v) is 18.7. The molecule has 6 heteroatoms. The molecular weight excluding hydrogens is 360 g/mol. The number of nitrogens with one attached hydrogen (secondary N) is 1. The van der Waals surface area contributed by atoms with E-state index in [1.807, 2.05) is 0 Å². The van der Waals surface area contributed by atoms with Crippen LogP contribution >= 0.6 is 0 Å². The Morgan fingerprint density at radius 2 is 1.79 bits per heavy atom. The molecule has 1 aliphatic rings. The highest BCUT2D eigenvalue weighted by Crippen LogP contribution is 2.21. The van der Waals surface area contributed by atoms with Crippen LogP contribution in [0.15, 0.2) is 24.3 Å². The average Bonchev–Trinajstić information content (AvgIpc) is 2.72. The maximum atomic E-state index is 4.90. The Hall–Kier alpha value is -1.76. The number of anilines is 1. The maximum Gasteiger partial charge on any atom is 0.145 e. The van der Waals surface area contributed by atoms with Crippen LogP contribution < -0.4 is 5.32 Å². The van der Waals surface area contributed by atoms with Crippen LogP contribution in [0.25, 0.3) is 10.9 Å². The molecule has 1 aromatic carbocycles. The Kier molecular flexibility index (Phi) is 8.21. The average molecular weight is 399 g/mol. The van der Waals surface area contributed by atoms with Crippen molar-refractivity contribution in [3.8, 4) is 0 Å². The van der Waals surface area contributed by atoms with Gasteiger partial charge in [0.1, 0.15) is 11.6 Å². The van der Waals surface area contributed by atoms with Gasteiger partial charge in [-0.25, -0.2) is 9.97 Å². The molecule has 2 heterocycles. The quantitative estimate of drug-likeness (QED) is 0.621. The molecule has 0 bridgehead atoms. The van der Waals surface area contributed by atoms with Gasteiger partial charge in [0, 0.05) is 44.7 Å². The SMILES string of the molecule is CCC(C)CN1CCN(Cc2nc(NCCCN(C)C)c3ccccc3n2)CC1. The molecule has 1 N–H and O–H groups in total. The zero-order chi connectivity index (χ0) is 20.6. The summed E-state index contributed by atoms with van der Waals surface area (Å²) in [4.78, 5) is 17.1. The highest BCUT2D eigenvalue weighted by molar-refractivity contribution is 5.88. The largest absolute Gasteiger partial charge is 0.369 e. The third-order valence-electron chi connectivity index (χ3n) is 5.82. The van der Waals surface area contributed by atoms with E-state index in [4.69, 9.17) is 9.97 Å². The lowest BCUT2D eigenvalue weighted by Crippen LogP contribution is -2.47. The van der Waals surface area contributed by atoms with Gasteiger partial charge in [0.05, 0.1) is 12.1 Å². The van der Waals surface area contributed by atoms with Crippen LogP contribution in [0, 0.1) is 5.92 Å². The van der Waals surface area contributed by atoms with Gasteiger partial charge in [0.25, 0.3) is 0 Å². The number of fused-ring (bicyclic) bond motifs is 1. The van der Waals surface area contributed by atoms with E-state index in [2.05, 4.69) is 72.2 Å². The first kappa shape index (κ1) is 21.9. The second kappa shape index (κ2) is 10.9. The smallest absolute Gasteiger partial charge is 0.145 e. The van der Waals surface area contributed by atoms with Gasteiger partial charge in [0.15, 0.2) is 0 Å². The van der Waals surface area contributed by atoms with Gasteiger partial charge in [-0.1, -0.05) is 32.4 Å². The van der Waals surface area contributed by atoms with Crippen molar-refractivity contribution in [2.24, 2.45) is 5.92 Å². The molecule has 1 atom stereocenters. The van der Waals surface area contributed by atoms with Crippen molar-refractivity contribution in [3.63, 3.8) is 0 Å². The minimum atomic E-state index is 0.784. The van der Waals surface area contributed by atoms with Crippen molar-refractivity contribution >= 4 is 16.7 Å². The third-order valence-corrected chi connectivity index (χ3v) is 5.82. The number of hydrogen-bond acceptors (Lipinski definition) is 6. The van der Waals surface area contributed by atoms with E-state index in [-0.39, 0.29) is 0 Å². The molecule has 0 aliphatic carbocycles. The molecule has 1 fully saturated rings. The molecule has 3 rings (SSSR count). The second-order valence-electron chi connectivity index (χ2n) is 8.68. The van der Waals surface area contributed by atoms with Crippen LogP contribution in [0.4, 0.5) is 5.82 Å². The molecule has 0 spiro atoms. The molecular formula is C23H38N6. The van der Waals surface area contributed by atoms with E-state index in [9.17, 15) is 0 Å².